The number of nitrogens with zero attached hydrogens (tertiary/aromatic N) is 4. The van der Waals surface area contributed by atoms with Crippen LogP contribution in [0.2, 0.25) is 0 Å². The number of amides is 1. The zero-order valence-electron chi connectivity index (χ0n) is 17.5. The number of hydrogen-bond acceptors (Lipinski definition) is 7. The molecule has 8 nitrogen and oxygen atoms in total. The fourth-order valence-electron chi connectivity index (χ4n) is 3.03. The molecule has 1 heterocycles. The lowest BCUT2D eigenvalue weighted by molar-refractivity contribution is -0.115. The van der Waals surface area contributed by atoms with E-state index in [0.717, 1.165) is 22.7 Å². The average Bonchev–Trinajstić information content (AvgIpc) is 3.32. The molecule has 0 aliphatic heterocycles. The quantitative estimate of drug-likeness (QED) is 0.406. The van der Waals surface area contributed by atoms with E-state index in [-0.39, 0.29) is 5.91 Å². The van der Waals surface area contributed by atoms with E-state index >= 15 is 0 Å². The van der Waals surface area contributed by atoms with Gasteiger partial charge in [-0.05, 0) is 64.5 Å². The van der Waals surface area contributed by atoms with Gasteiger partial charge in [0.1, 0.15) is 16.7 Å². The second-order valence-corrected chi connectivity index (χ2v) is 7.77. The number of rotatable bonds is 8. The van der Waals surface area contributed by atoms with Gasteiger partial charge in [0, 0.05) is 5.69 Å². The molecule has 0 radical (unpaired) electrons. The molecule has 0 aliphatic carbocycles. The Hall–Kier alpha value is -3.85. The normalized spacial score (nSPS) is 11.6. The Morgan fingerprint density at radius 3 is 2.16 bits per heavy atom. The highest BCUT2D eigenvalue weighted by atomic mass is 32.2. The first-order valence-corrected chi connectivity index (χ1v) is 10.6. The molecule has 1 aromatic heterocycles. The van der Waals surface area contributed by atoms with Crippen molar-refractivity contribution in [2.45, 2.75) is 10.4 Å². The highest BCUT2D eigenvalue weighted by Crippen LogP contribution is 2.36. The van der Waals surface area contributed by atoms with Crippen molar-refractivity contribution in [2.24, 2.45) is 0 Å². The van der Waals surface area contributed by atoms with E-state index in [1.165, 1.54) is 11.8 Å². The lowest BCUT2D eigenvalue weighted by Gasteiger charge is -2.17. The fourth-order valence-corrected chi connectivity index (χ4v) is 4.02. The molecule has 162 valence electrons. The molecule has 0 saturated carbocycles. The van der Waals surface area contributed by atoms with Crippen LogP contribution in [0.4, 0.5) is 5.69 Å². The zero-order chi connectivity index (χ0) is 22.3. The number of thioether (sulfide) groups is 1. The van der Waals surface area contributed by atoms with Gasteiger partial charge in [-0.2, -0.15) is 4.68 Å². The summed E-state index contributed by atoms with van der Waals surface area (Å²) < 4.78 is 12.0. The van der Waals surface area contributed by atoms with E-state index in [2.05, 4.69) is 20.8 Å². The first-order valence-electron chi connectivity index (χ1n) is 9.77. The van der Waals surface area contributed by atoms with Gasteiger partial charge in [-0.15, -0.1) is 5.10 Å². The predicted molar refractivity (Wildman–Crippen MR) is 122 cm³/mol. The Bertz CT molecular complexity index is 1160. The Morgan fingerprint density at radius 2 is 1.53 bits per heavy atom. The van der Waals surface area contributed by atoms with E-state index in [4.69, 9.17) is 9.47 Å². The molecule has 9 heteroatoms. The van der Waals surface area contributed by atoms with Crippen LogP contribution in [-0.4, -0.2) is 40.3 Å². The average molecular weight is 448 g/mol. The zero-order valence-corrected chi connectivity index (χ0v) is 18.3. The van der Waals surface area contributed by atoms with Crippen LogP contribution in [0, 0.1) is 0 Å². The maximum absolute atomic E-state index is 13.3. The maximum atomic E-state index is 13.3. The predicted octanol–water partition coefficient (Wildman–Crippen LogP) is 4.15. The Labute approximate surface area is 189 Å². The Morgan fingerprint density at radius 1 is 0.906 bits per heavy atom. The second kappa shape index (κ2) is 9.97. The number of anilines is 1. The summed E-state index contributed by atoms with van der Waals surface area (Å²) in [7, 11) is 3.21. The number of benzene rings is 3. The molecule has 0 saturated heterocycles. The summed E-state index contributed by atoms with van der Waals surface area (Å²) in [6, 6.07) is 24.1. The largest absolute Gasteiger partial charge is 0.497 e. The van der Waals surface area contributed by atoms with Crippen molar-refractivity contribution in [1.29, 1.82) is 0 Å². The van der Waals surface area contributed by atoms with Crippen molar-refractivity contribution in [3.05, 3.63) is 84.4 Å². The number of carbonyl (C=O) groups is 1. The summed E-state index contributed by atoms with van der Waals surface area (Å²) in [4.78, 5) is 13.3. The number of carbonyl (C=O) groups excluding carboxylic acids is 1. The van der Waals surface area contributed by atoms with Crippen molar-refractivity contribution >= 4 is 23.4 Å². The first-order chi connectivity index (χ1) is 15.7. The van der Waals surface area contributed by atoms with Crippen LogP contribution < -0.4 is 14.8 Å². The summed E-state index contributed by atoms with van der Waals surface area (Å²) in [6.45, 7) is 0. The van der Waals surface area contributed by atoms with E-state index in [9.17, 15) is 4.79 Å². The lowest BCUT2D eigenvalue weighted by atomic mass is 10.1. The molecule has 32 heavy (non-hydrogen) atoms. The molecule has 1 amide bonds. The third-order valence-electron chi connectivity index (χ3n) is 4.68. The van der Waals surface area contributed by atoms with E-state index in [0.29, 0.717) is 10.8 Å². The van der Waals surface area contributed by atoms with Gasteiger partial charge < -0.3 is 14.8 Å². The van der Waals surface area contributed by atoms with Gasteiger partial charge in [-0.25, -0.2) is 0 Å². The summed E-state index contributed by atoms with van der Waals surface area (Å²) in [6.07, 6.45) is 0. The Balaban J connectivity index is 1.60. The highest BCUT2D eigenvalue weighted by molar-refractivity contribution is 8.00. The van der Waals surface area contributed by atoms with Crippen LogP contribution >= 0.6 is 11.8 Å². The van der Waals surface area contributed by atoms with Gasteiger partial charge in [0.25, 0.3) is 0 Å². The molecule has 1 N–H and O–H groups in total. The molecule has 4 aromatic rings. The number of methoxy groups -OCH3 is 2. The van der Waals surface area contributed by atoms with E-state index in [1.54, 1.807) is 43.2 Å². The lowest BCUT2D eigenvalue weighted by Crippen LogP contribution is -2.19. The van der Waals surface area contributed by atoms with E-state index in [1.807, 2.05) is 54.6 Å². The molecule has 0 bridgehead atoms. The third-order valence-corrected chi connectivity index (χ3v) is 5.87. The van der Waals surface area contributed by atoms with Crippen molar-refractivity contribution in [1.82, 2.24) is 20.2 Å². The molecule has 0 fully saturated rings. The van der Waals surface area contributed by atoms with Crippen molar-refractivity contribution in [3.63, 3.8) is 0 Å². The van der Waals surface area contributed by atoms with Gasteiger partial charge in [0.2, 0.25) is 11.1 Å². The number of aromatic nitrogens is 4. The standard InChI is InChI=1S/C23H21N5O3S/c1-30-19-12-8-17(9-13-19)24-22(29)21(16-6-4-3-5-7-16)32-23-25-26-27-28(23)18-10-14-20(31-2)15-11-18/h3-15,21H,1-2H3,(H,24,29). The van der Waals surface area contributed by atoms with Crippen molar-refractivity contribution < 1.29 is 14.3 Å². The summed E-state index contributed by atoms with van der Waals surface area (Å²) in [5, 5.41) is 15.0. The minimum atomic E-state index is -0.568. The topological polar surface area (TPSA) is 91.2 Å². The number of tetrazole rings is 1. The van der Waals surface area contributed by atoms with Crippen LogP contribution in [0.1, 0.15) is 10.8 Å². The molecular weight excluding hydrogens is 426 g/mol. The first kappa shape index (κ1) is 21.4. The highest BCUT2D eigenvalue weighted by Gasteiger charge is 2.25. The van der Waals surface area contributed by atoms with Gasteiger partial charge in [0.15, 0.2) is 0 Å². The minimum Gasteiger partial charge on any atom is -0.497 e. The minimum absolute atomic E-state index is 0.185. The van der Waals surface area contributed by atoms with Crippen molar-refractivity contribution in [3.8, 4) is 17.2 Å². The van der Waals surface area contributed by atoms with Gasteiger partial charge in [0.05, 0.1) is 19.9 Å². The van der Waals surface area contributed by atoms with Crippen LogP contribution in [0.15, 0.2) is 84.0 Å². The molecule has 3 aromatic carbocycles. The number of nitrogens with one attached hydrogen (secondary N) is 1. The number of ether oxygens (including phenoxy) is 2. The van der Waals surface area contributed by atoms with Gasteiger partial charge >= 0.3 is 0 Å². The smallest absolute Gasteiger partial charge is 0.242 e. The number of hydrogen-bond donors (Lipinski definition) is 1. The monoisotopic (exact) mass is 447 g/mol. The van der Waals surface area contributed by atoms with Crippen LogP contribution in [0.25, 0.3) is 5.69 Å². The van der Waals surface area contributed by atoms with Gasteiger partial charge in [-0.3, -0.25) is 4.79 Å². The Kier molecular flexibility index (Phi) is 6.66. The molecular formula is C23H21N5O3S. The van der Waals surface area contributed by atoms with Crippen LogP contribution in [0.3, 0.4) is 0 Å². The third kappa shape index (κ3) is 4.89. The van der Waals surface area contributed by atoms with Crippen molar-refractivity contribution in [2.75, 3.05) is 19.5 Å². The fraction of sp³-hybridized carbons (Fsp3) is 0.130. The second-order valence-electron chi connectivity index (χ2n) is 6.70. The molecule has 0 aliphatic rings. The van der Waals surface area contributed by atoms with E-state index < -0.39 is 5.25 Å². The summed E-state index contributed by atoms with van der Waals surface area (Å²) >= 11 is 1.27. The summed E-state index contributed by atoms with van der Waals surface area (Å²) in [5.41, 5.74) is 2.28. The van der Waals surface area contributed by atoms with Gasteiger partial charge in [-0.1, -0.05) is 42.1 Å². The molecule has 4 rings (SSSR count). The molecule has 0 spiro atoms. The SMILES string of the molecule is COc1ccc(NC(=O)C(Sc2nnnn2-c2ccc(OC)cc2)c2ccccc2)cc1. The van der Waals surface area contributed by atoms with Crippen LogP contribution in [0.5, 0.6) is 11.5 Å². The van der Waals surface area contributed by atoms with Crippen LogP contribution in [-0.2, 0) is 4.79 Å². The molecule has 1 atom stereocenters. The summed E-state index contributed by atoms with van der Waals surface area (Å²) in [5.74, 6) is 1.27. The maximum Gasteiger partial charge on any atom is 0.242 e. The molecule has 1 unspecified atom stereocenters.